The standard InChI is InChI=1S/C38H28N4.C7H8.C2H6/c1-40-38(39,24-11-3-2-4-12-24)25-21-22-34-35(23-25)42-33-20-8-6-14-27(33)29-16-10-18-31(37(29)42)30-17-9-15-28-26-13-5-7-19-32(26)41(34)36(28)30;1-7-5-3-2-4-6-7;1-2/h2-23,40H,39H2,1H3;2-6H,1H3;1-2H3. The predicted octanol–water partition coefficient (Wildman–Crippen LogP) is 11.4. The Morgan fingerprint density at radius 2 is 0.863 bits per heavy atom. The topological polar surface area (TPSA) is 46.9 Å². The zero-order valence-corrected chi connectivity index (χ0v) is 29.6. The number of fused-ring (bicyclic) bond motifs is 10. The molecule has 10 rings (SSSR count). The highest BCUT2D eigenvalue weighted by molar-refractivity contribution is 6.25. The Bertz CT molecular complexity index is 2830. The molecule has 1 atom stereocenters. The number of aryl methyl sites for hydroxylation is 1. The number of benzene rings is 7. The van der Waals surface area contributed by atoms with E-state index in [1.807, 2.05) is 57.3 Å². The molecule has 0 bridgehead atoms. The maximum Gasteiger partial charge on any atom is 0.119 e. The van der Waals surface area contributed by atoms with E-state index in [1.54, 1.807) is 0 Å². The molecule has 3 heterocycles. The number of nitrogens with zero attached hydrogens (tertiary/aromatic N) is 2. The Morgan fingerprint density at radius 1 is 0.431 bits per heavy atom. The van der Waals surface area contributed by atoms with E-state index in [0.717, 1.165) is 22.2 Å². The van der Waals surface area contributed by atoms with E-state index >= 15 is 0 Å². The molecule has 0 aliphatic carbocycles. The highest BCUT2D eigenvalue weighted by atomic mass is 15.1. The molecular weight excluding hydrogens is 621 g/mol. The smallest absolute Gasteiger partial charge is 0.119 e. The molecule has 51 heavy (non-hydrogen) atoms. The van der Waals surface area contributed by atoms with Crippen LogP contribution in [0.4, 0.5) is 0 Å². The van der Waals surface area contributed by atoms with Gasteiger partial charge in [0.1, 0.15) is 5.66 Å². The summed E-state index contributed by atoms with van der Waals surface area (Å²) in [6.07, 6.45) is 0. The zero-order valence-electron chi connectivity index (χ0n) is 29.6. The van der Waals surface area contributed by atoms with Gasteiger partial charge in [-0.25, -0.2) is 0 Å². The second-order valence-corrected chi connectivity index (χ2v) is 12.9. The largest absolute Gasteiger partial charge is 0.307 e. The van der Waals surface area contributed by atoms with Gasteiger partial charge >= 0.3 is 0 Å². The van der Waals surface area contributed by atoms with Gasteiger partial charge < -0.3 is 14.5 Å². The van der Waals surface area contributed by atoms with Gasteiger partial charge in [-0.15, -0.1) is 0 Å². The third-order valence-corrected chi connectivity index (χ3v) is 10.2. The lowest BCUT2D eigenvalue weighted by molar-refractivity contribution is 0.458. The van der Waals surface area contributed by atoms with Crippen molar-refractivity contribution in [1.82, 2.24) is 14.1 Å². The van der Waals surface area contributed by atoms with Crippen molar-refractivity contribution < 1.29 is 0 Å². The van der Waals surface area contributed by atoms with Crippen LogP contribution in [0.3, 0.4) is 0 Å². The molecule has 7 aromatic carbocycles. The molecule has 3 N–H and O–H groups in total. The third-order valence-electron chi connectivity index (χ3n) is 10.2. The van der Waals surface area contributed by atoms with Gasteiger partial charge in [0.2, 0.25) is 0 Å². The SMILES string of the molecule is CC.CNC(N)(c1ccccc1)c1ccc2c(c1)n1c3ccccc3c3cccc(c4cccc5c6ccccc6n2c54)c31.Cc1ccccc1. The van der Waals surface area contributed by atoms with E-state index in [2.05, 4.69) is 148 Å². The van der Waals surface area contributed by atoms with Gasteiger partial charge in [0, 0.05) is 32.3 Å². The third kappa shape index (κ3) is 5.06. The highest BCUT2D eigenvalue weighted by Gasteiger charge is 2.29. The zero-order chi connectivity index (χ0) is 35.1. The summed E-state index contributed by atoms with van der Waals surface area (Å²) in [5.41, 5.74) is 16.7. The van der Waals surface area contributed by atoms with Crippen LogP contribution < -0.4 is 11.1 Å². The van der Waals surface area contributed by atoms with Crippen LogP contribution in [-0.2, 0) is 5.66 Å². The van der Waals surface area contributed by atoms with Crippen molar-refractivity contribution in [2.45, 2.75) is 26.4 Å². The fourth-order valence-electron chi connectivity index (χ4n) is 7.80. The molecule has 0 saturated carbocycles. The Hall–Kier alpha value is -5.94. The van der Waals surface area contributed by atoms with Gasteiger partial charge in [-0.1, -0.05) is 159 Å². The molecule has 0 amide bonds. The Kier molecular flexibility index (Phi) is 8.27. The summed E-state index contributed by atoms with van der Waals surface area (Å²) in [6.45, 7) is 6.08. The summed E-state index contributed by atoms with van der Waals surface area (Å²) >= 11 is 0. The highest BCUT2D eigenvalue weighted by Crippen LogP contribution is 2.41. The van der Waals surface area contributed by atoms with Crippen LogP contribution in [0.15, 0.2) is 164 Å². The van der Waals surface area contributed by atoms with Gasteiger partial charge in [-0.3, -0.25) is 5.32 Å². The van der Waals surface area contributed by atoms with Gasteiger partial charge in [0.15, 0.2) is 0 Å². The summed E-state index contributed by atoms with van der Waals surface area (Å²) in [7, 11) is 1.93. The molecule has 4 heteroatoms. The van der Waals surface area contributed by atoms with Crippen molar-refractivity contribution in [3.05, 3.63) is 180 Å². The number of aromatic nitrogens is 2. The lowest BCUT2D eigenvalue weighted by atomic mass is 9.91. The Balaban J connectivity index is 0.000000370. The maximum absolute atomic E-state index is 7.22. The summed E-state index contributed by atoms with van der Waals surface area (Å²) in [5, 5.41) is 10.9. The van der Waals surface area contributed by atoms with Crippen molar-refractivity contribution in [2.75, 3.05) is 7.05 Å². The summed E-state index contributed by atoms with van der Waals surface area (Å²) < 4.78 is 4.91. The molecule has 250 valence electrons. The van der Waals surface area contributed by atoms with Crippen molar-refractivity contribution in [3.63, 3.8) is 0 Å². The number of nitrogens with two attached hydrogens (primary N) is 1. The molecule has 0 fully saturated rings. The molecule has 0 aliphatic rings. The van der Waals surface area contributed by atoms with E-state index in [-0.39, 0.29) is 0 Å². The molecule has 0 aliphatic heterocycles. The predicted molar refractivity (Wildman–Crippen MR) is 219 cm³/mol. The molecule has 0 spiro atoms. The molecule has 0 saturated heterocycles. The normalized spacial score (nSPS) is 12.6. The van der Waals surface area contributed by atoms with Crippen LogP contribution in [-0.4, -0.2) is 15.8 Å². The van der Waals surface area contributed by atoms with E-state index in [1.165, 1.54) is 59.9 Å². The minimum atomic E-state index is -0.869. The lowest BCUT2D eigenvalue weighted by Gasteiger charge is -2.30. The number of hydrogen-bond donors (Lipinski definition) is 2. The van der Waals surface area contributed by atoms with Crippen LogP contribution in [0, 0.1) is 6.92 Å². The fourth-order valence-corrected chi connectivity index (χ4v) is 7.80. The quantitative estimate of drug-likeness (QED) is 0.185. The van der Waals surface area contributed by atoms with Crippen LogP contribution >= 0.6 is 0 Å². The van der Waals surface area contributed by atoms with Gasteiger partial charge in [-0.2, -0.15) is 0 Å². The summed E-state index contributed by atoms with van der Waals surface area (Å²) in [6, 6.07) is 58.2. The summed E-state index contributed by atoms with van der Waals surface area (Å²) in [4.78, 5) is 0. The minimum absolute atomic E-state index is 0.869. The van der Waals surface area contributed by atoms with Crippen molar-refractivity contribution in [3.8, 4) is 0 Å². The van der Waals surface area contributed by atoms with Crippen LogP contribution in [0.2, 0.25) is 0 Å². The first-order valence-electron chi connectivity index (χ1n) is 17.8. The average Bonchev–Trinajstić information content (AvgIpc) is 3.72. The Labute approximate surface area is 298 Å². The molecule has 4 nitrogen and oxygen atoms in total. The van der Waals surface area contributed by atoms with Crippen molar-refractivity contribution in [1.29, 1.82) is 0 Å². The number of nitrogens with one attached hydrogen (secondary N) is 1. The molecule has 0 radical (unpaired) electrons. The van der Waals surface area contributed by atoms with Gasteiger partial charge in [-0.05, 0) is 49.4 Å². The molecule has 1 unspecified atom stereocenters. The van der Waals surface area contributed by atoms with E-state index < -0.39 is 5.66 Å². The Morgan fingerprint density at radius 3 is 1.35 bits per heavy atom. The van der Waals surface area contributed by atoms with E-state index in [4.69, 9.17) is 5.73 Å². The maximum atomic E-state index is 7.22. The second kappa shape index (κ2) is 13.1. The monoisotopic (exact) mass is 662 g/mol. The number of para-hydroxylation sites is 4. The first-order valence-corrected chi connectivity index (χ1v) is 17.8. The van der Waals surface area contributed by atoms with Crippen molar-refractivity contribution in [2.24, 2.45) is 5.73 Å². The minimum Gasteiger partial charge on any atom is -0.307 e. The second-order valence-electron chi connectivity index (χ2n) is 12.9. The van der Waals surface area contributed by atoms with Gasteiger partial charge in [0.05, 0.1) is 33.1 Å². The van der Waals surface area contributed by atoms with Crippen LogP contribution in [0.1, 0.15) is 30.5 Å². The first kappa shape index (κ1) is 32.3. The van der Waals surface area contributed by atoms with E-state index in [9.17, 15) is 0 Å². The molecular formula is C47H42N4. The lowest BCUT2D eigenvalue weighted by Crippen LogP contribution is -2.49. The van der Waals surface area contributed by atoms with Crippen molar-refractivity contribution >= 4 is 65.4 Å². The molecule has 3 aromatic heterocycles. The fraction of sp³-hybridized carbons (Fsp3) is 0.106. The van der Waals surface area contributed by atoms with Gasteiger partial charge in [0.25, 0.3) is 0 Å². The average molecular weight is 663 g/mol. The number of hydrogen-bond acceptors (Lipinski definition) is 2. The van der Waals surface area contributed by atoms with E-state index in [0.29, 0.717) is 0 Å². The number of rotatable bonds is 3. The van der Waals surface area contributed by atoms with Crippen LogP contribution in [0.5, 0.6) is 0 Å². The molecule has 10 aromatic rings. The first-order chi connectivity index (χ1) is 25.1. The van der Waals surface area contributed by atoms with Crippen LogP contribution in [0.25, 0.3) is 65.4 Å². The summed E-state index contributed by atoms with van der Waals surface area (Å²) in [5.74, 6) is 0.